The van der Waals surface area contributed by atoms with Gasteiger partial charge in [0.25, 0.3) is 0 Å². The van der Waals surface area contributed by atoms with Crippen molar-refractivity contribution >= 4 is 5.96 Å². The highest BCUT2D eigenvalue weighted by atomic mass is 16.5. The van der Waals surface area contributed by atoms with Gasteiger partial charge in [-0.3, -0.25) is 4.99 Å². The van der Waals surface area contributed by atoms with E-state index in [1.54, 1.807) is 7.05 Å². The first-order chi connectivity index (χ1) is 12.1. The minimum atomic E-state index is 0.0294. The molecule has 0 bridgehead atoms. The van der Waals surface area contributed by atoms with Crippen molar-refractivity contribution in [2.45, 2.75) is 39.7 Å². The van der Waals surface area contributed by atoms with Gasteiger partial charge in [-0.1, -0.05) is 17.3 Å². The Morgan fingerprint density at radius 2 is 2.16 bits per heavy atom. The Balaban J connectivity index is 1.65. The van der Waals surface area contributed by atoms with E-state index in [9.17, 15) is 0 Å². The van der Waals surface area contributed by atoms with Crippen molar-refractivity contribution in [1.82, 2.24) is 20.8 Å². The van der Waals surface area contributed by atoms with Crippen LogP contribution >= 0.6 is 0 Å². The van der Waals surface area contributed by atoms with Crippen LogP contribution in [-0.4, -0.2) is 42.3 Å². The quantitative estimate of drug-likeness (QED) is 0.434. The van der Waals surface area contributed by atoms with Gasteiger partial charge in [0.2, 0.25) is 5.89 Å². The van der Waals surface area contributed by atoms with E-state index in [0.29, 0.717) is 18.3 Å². The summed E-state index contributed by atoms with van der Waals surface area (Å²) in [7, 11) is 1.75. The number of aromatic nitrogens is 2. The Morgan fingerprint density at radius 1 is 1.32 bits per heavy atom. The first-order valence-electron chi connectivity index (χ1n) is 8.54. The van der Waals surface area contributed by atoms with Crippen LogP contribution < -0.4 is 15.4 Å². The third-order valence-electron chi connectivity index (χ3n) is 3.54. The molecule has 2 aromatic rings. The predicted octanol–water partition coefficient (Wildman–Crippen LogP) is 2.25. The van der Waals surface area contributed by atoms with Crippen molar-refractivity contribution in [1.29, 1.82) is 0 Å². The number of nitrogens with one attached hydrogen (secondary N) is 2. The lowest BCUT2D eigenvalue weighted by atomic mass is 10.2. The van der Waals surface area contributed by atoms with Gasteiger partial charge in [0.1, 0.15) is 11.9 Å². The summed E-state index contributed by atoms with van der Waals surface area (Å²) in [6.07, 6.45) is 1.66. The Labute approximate surface area is 148 Å². The van der Waals surface area contributed by atoms with Gasteiger partial charge in [-0.15, -0.1) is 0 Å². The molecule has 0 fully saturated rings. The van der Waals surface area contributed by atoms with E-state index in [0.717, 1.165) is 31.1 Å². The smallest absolute Gasteiger partial charge is 0.226 e. The van der Waals surface area contributed by atoms with Gasteiger partial charge in [0, 0.05) is 20.0 Å². The number of aryl methyl sites for hydroxylation is 3. The number of nitrogens with zero attached hydrogens (tertiary/aromatic N) is 3. The molecule has 0 radical (unpaired) electrons. The molecule has 25 heavy (non-hydrogen) atoms. The summed E-state index contributed by atoms with van der Waals surface area (Å²) in [5, 5.41) is 10.3. The van der Waals surface area contributed by atoms with Crippen LogP contribution in [0.4, 0.5) is 0 Å². The standard InChI is InChI=1S/C18H27N5O2/c1-13-7-5-8-16(11-13)24-14(2)12-21-18(19-4)20-10-6-9-17-22-15(3)23-25-17/h5,7-8,11,14H,6,9-10,12H2,1-4H3,(H2,19,20,21). The van der Waals surface area contributed by atoms with Crippen LogP contribution in [-0.2, 0) is 6.42 Å². The zero-order chi connectivity index (χ0) is 18.1. The van der Waals surface area contributed by atoms with Gasteiger partial charge in [0.05, 0.1) is 6.54 Å². The van der Waals surface area contributed by atoms with Gasteiger partial charge in [-0.2, -0.15) is 4.98 Å². The van der Waals surface area contributed by atoms with Gasteiger partial charge in [-0.05, 0) is 44.9 Å². The molecule has 1 unspecified atom stereocenters. The van der Waals surface area contributed by atoms with E-state index in [1.807, 2.05) is 32.0 Å². The summed E-state index contributed by atoms with van der Waals surface area (Å²) in [4.78, 5) is 8.40. The van der Waals surface area contributed by atoms with Crippen LogP contribution in [0, 0.1) is 13.8 Å². The van der Waals surface area contributed by atoms with Crippen LogP contribution in [0.25, 0.3) is 0 Å². The summed E-state index contributed by atoms with van der Waals surface area (Å²) >= 11 is 0. The average molecular weight is 345 g/mol. The predicted molar refractivity (Wildman–Crippen MR) is 98.0 cm³/mol. The molecule has 0 aliphatic rings. The third-order valence-corrected chi connectivity index (χ3v) is 3.54. The maximum atomic E-state index is 5.90. The zero-order valence-corrected chi connectivity index (χ0v) is 15.4. The number of hydrogen-bond donors (Lipinski definition) is 2. The molecule has 7 nitrogen and oxygen atoms in total. The molecule has 0 saturated carbocycles. The van der Waals surface area contributed by atoms with Crippen molar-refractivity contribution < 1.29 is 9.26 Å². The fourth-order valence-electron chi connectivity index (χ4n) is 2.31. The highest BCUT2D eigenvalue weighted by Gasteiger charge is 2.06. The van der Waals surface area contributed by atoms with Crippen molar-refractivity contribution in [3.63, 3.8) is 0 Å². The highest BCUT2D eigenvalue weighted by Crippen LogP contribution is 2.13. The molecule has 0 spiro atoms. The maximum absolute atomic E-state index is 5.90. The summed E-state index contributed by atoms with van der Waals surface area (Å²) in [6, 6.07) is 8.05. The second-order valence-corrected chi connectivity index (χ2v) is 5.96. The average Bonchev–Trinajstić information content (AvgIpc) is 2.99. The van der Waals surface area contributed by atoms with Gasteiger partial charge >= 0.3 is 0 Å². The number of hydrogen-bond acceptors (Lipinski definition) is 5. The summed E-state index contributed by atoms with van der Waals surface area (Å²) in [5.74, 6) is 2.97. The topological polar surface area (TPSA) is 84.6 Å². The number of rotatable bonds is 8. The van der Waals surface area contributed by atoms with E-state index in [2.05, 4.69) is 38.8 Å². The first-order valence-corrected chi connectivity index (χ1v) is 8.54. The van der Waals surface area contributed by atoms with Crippen molar-refractivity contribution in [2.75, 3.05) is 20.1 Å². The van der Waals surface area contributed by atoms with Crippen LogP contribution in [0.2, 0.25) is 0 Å². The lowest BCUT2D eigenvalue weighted by Gasteiger charge is -2.18. The summed E-state index contributed by atoms with van der Waals surface area (Å²) in [6.45, 7) is 7.33. The van der Waals surface area contributed by atoms with E-state index in [-0.39, 0.29) is 6.10 Å². The van der Waals surface area contributed by atoms with Crippen LogP contribution in [0.5, 0.6) is 5.75 Å². The Kier molecular flexibility index (Phi) is 7.25. The van der Waals surface area contributed by atoms with Crippen LogP contribution in [0.1, 0.15) is 30.6 Å². The molecular formula is C18H27N5O2. The molecule has 1 aromatic heterocycles. The Morgan fingerprint density at radius 3 is 2.84 bits per heavy atom. The molecule has 136 valence electrons. The van der Waals surface area contributed by atoms with Crippen molar-refractivity contribution in [2.24, 2.45) is 4.99 Å². The van der Waals surface area contributed by atoms with Crippen molar-refractivity contribution in [3.05, 3.63) is 41.5 Å². The molecule has 0 saturated heterocycles. The van der Waals surface area contributed by atoms with E-state index in [4.69, 9.17) is 9.26 Å². The molecule has 0 amide bonds. The third kappa shape index (κ3) is 6.82. The Hall–Kier alpha value is -2.57. The molecule has 1 atom stereocenters. The van der Waals surface area contributed by atoms with E-state index < -0.39 is 0 Å². The van der Waals surface area contributed by atoms with Gasteiger partial charge < -0.3 is 19.9 Å². The molecule has 2 rings (SSSR count). The highest BCUT2D eigenvalue weighted by molar-refractivity contribution is 5.79. The molecule has 1 heterocycles. The second kappa shape index (κ2) is 9.66. The molecule has 0 aliphatic carbocycles. The van der Waals surface area contributed by atoms with Crippen molar-refractivity contribution in [3.8, 4) is 5.75 Å². The fraction of sp³-hybridized carbons (Fsp3) is 0.500. The number of benzene rings is 1. The fourth-order valence-corrected chi connectivity index (χ4v) is 2.31. The van der Waals surface area contributed by atoms with Crippen LogP contribution in [0.3, 0.4) is 0 Å². The number of aliphatic imine (C=N–C) groups is 1. The number of ether oxygens (including phenoxy) is 1. The minimum absolute atomic E-state index is 0.0294. The summed E-state index contributed by atoms with van der Waals surface area (Å²) < 4.78 is 11.0. The lowest BCUT2D eigenvalue weighted by molar-refractivity contribution is 0.223. The lowest BCUT2D eigenvalue weighted by Crippen LogP contribution is -2.42. The first kappa shape index (κ1) is 18.8. The molecule has 2 N–H and O–H groups in total. The minimum Gasteiger partial charge on any atom is -0.489 e. The molecule has 7 heteroatoms. The second-order valence-electron chi connectivity index (χ2n) is 5.96. The van der Waals surface area contributed by atoms with Crippen LogP contribution in [0.15, 0.2) is 33.8 Å². The SMILES string of the molecule is CN=C(NCCCc1nc(C)no1)NCC(C)Oc1cccc(C)c1. The Bertz CT molecular complexity index is 684. The van der Waals surface area contributed by atoms with Gasteiger partial charge in [0.15, 0.2) is 11.8 Å². The van der Waals surface area contributed by atoms with Gasteiger partial charge in [-0.25, -0.2) is 0 Å². The summed E-state index contributed by atoms with van der Waals surface area (Å²) in [5.41, 5.74) is 1.19. The van der Waals surface area contributed by atoms with E-state index >= 15 is 0 Å². The zero-order valence-electron chi connectivity index (χ0n) is 15.4. The normalized spacial score (nSPS) is 12.7. The largest absolute Gasteiger partial charge is 0.489 e. The van der Waals surface area contributed by atoms with E-state index in [1.165, 1.54) is 5.56 Å². The number of guanidine groups is 1. The monoisotopic (exact) mass is 345 g/mol. The molecule has 1 aromatic carbocycles. The molecule has 0 aliphatic heterocycles. The maximum Gasteiger partial charge on any atom is 0.226 e. The molecular weight excluding hydrogens is 318 g/mol.